The molecule has 1 amide bonds. The SMILES string of the molecule is CC1OC2(CCN(c3nnc4n3-c3ccc(Cl)cc3CN(C(=O)OC(C)(C)C)C4)CC2)c2ccccc21. The highest BCUT2D eigenvalue weighted by Gasteiger charge is 2.46. The van der Waals surface area contributed by atoms with E-state index in [-0.39, 0.29) is 17.8 Å². The first-order valence-electron chi connectivity index (χ1n) is 12.9. The first-order valence-corrected chi connectivity index (χ1v) is 13.2. The van der Waals surface area contributed by atoms with E-state index in [4.69, 9.17) is 21.1 Å². The molecule has 3 aliphatic rings. The lowest BCUT2D eigenvalue weighted by atomic mass is 9.83. The highest BCUT2D eigenvalue weighted by atomic mass is 35.5. The molecule has 0 aliphatic carbocycles. The van der Waals surface area contributed by atoms with Gasteiger partial charge in [-0.3, -0.25) is 9.47 Å². The Morgan fingerprint density at radius 1 is 1.11 bits per heavy atom. The number of nitrogens with zero attached hydrogens (tertiary/aromatic N) is 5. The van der Waals surface area contributed by atoms with Gasteiger partial charge < -0.3 is 14.4 Å². The third-order valence-corrected chi connectivity index (χ3v) is 7.72. The molecule has 0 saturated carbocycles. The lowest BCUT2D eigenvalue weighted by Crippen LogP contribution is -2.43. The van der Waals surface area contributed by atoms with Crippen LogP contribution in [0, 0.1) is 0 Å². The quantitative estimate of drug-likeness (QED) is 0.405. The van der Waals surface area contributed by atoms with E-state index in [1.807, 2.05) is 39.0 Å². The molecular formula is C28H32ClN5O3. The predicted molar refractivity (Wildman–Crippen MR) is 141 cm³/mol. The van der Waals surface area contributed by atoms with Crippen LogP contribution in [0.2, 0.25) is 5.02 Å². The second-order valence-electron chi connectivity index (χ2n) is 11.2. The number of aromatic nitrogens is 3. The summed E-state index contributed by atoms with van der Waals surface area (Å²) in [5, 5.41) is 9.77. The highest BCUT2D eigenvalue weighted by Crippen LogP contribution is 2.49. The molecule has 0 bridgehead atoms. The monoisotopic (exact) mass is 521 g/mol. The van der Waals surface area contributed by atoms with Gasteiger partial charge in [-0.15, -0.1) is 10.2 Å². The number of carbonyl (C=O) groups excluding carboxylic acids is 1. The molecule has 0 N–H and O–H groups in total. The van der Waals surface area contributed by atoms with Gasteiger partial charge in [-0.25, -0.2) is 4.79 Å². The largest absolute Gasteiger partial charge is 0.444 e. The molecule has 1 unspecified atom stereocenters. The van der Waals surface area contributed by atoms with Gasteiger partial charge in [-0.1, -0.05) is 35.9 Å². The fraction of sp³-hybridized carbons (Fsp3) is 0.464. The number of amides is 1. The van der Waals surface area contributed by atoms with E-state index >= 15 is 0 Å². The van der Waals surface area contributed by atoms with Crippen LogP contribution in [-0.2, 0) is 28.2 Å². The molecule has 194 valence electrons. The number of carbonyl (C=O) groups is 1. The van der Waals surface area contributed by atoms with Crippen molar-refractivity contribution in [2.75, 3.05) is 18.0 Å². The van der Waals surface area contributed by atoms with Gasteiger partial charge in [0.2, 0.25) is 5.95 Å². The van der Waals surface area contributed by atoms with Crippen molar-refractivity contribution in [1.29, 1.82) is 0 Å². The van der Waals surface area contributed by atoms with Gasteiger partial charge in [0.15, 0.2) is 5.82 Å². The Bertz CT molecular complexity index is 1360. The molecule has 6 rings (SSSR count). The summed E-state index contributed by atoms with van der Waals surface area (Å²) >= 11 is 6.38. The second-order valence-corrected chi connectivity index (χ2v) is 11.6. The fourth-order valence-electron chi connectivity index (χ4n) is 5.83. The Labute approximate surface area is 222 Å². The van der Waals surface area contributed by atoms with Crippen LogP contribution in [0.25, 0.3) is 5.69 Å². The van der Waals surface area contributed by atoms with Crippen molar-refractivity contribution in [1.82, 2.24) is 19.7 Å². The minimum Gasteiger partial charge on any atom is -0.444 e. The van der Waals surface area contributed by atoms with E-state index in [0.717, 1.165) is 43.1 Å². The lowest BCUT2D eigenvalue weighted by Gasteiger charge is -2.40. The zero-order valence-electron chi connectivity index (χ0n) is 21.7. The van der Waals surface area contributed by atoms with Gasteiger partial charge in [0, 0.05) is 18.1 Å². The van der Waals surface area contributed by atoms with Gasteiger partial charge in [-0.05, 0) is 75.4 Å². The normalized spacial score (nSPS) is 20.3. The number of hydrogen-bond acceptors (Lipinski definition) is 6. The van der Waals surface area contributed by atoms with Gasteiger partial charge in [-0.2, -0.15) is 0 Å². The molecule has 3 aromatic rings. The maximum absolute atomic E-state index is 13.0. The first kappa shape index (κ1) is 24.2. The predicted octanol–water partition coefficient (Wildman–Crippen LogP) is 5.76. The summed E-state index contributed by atoms with van der Waals surface area (Å²) < 4.78 is 14.3. The summed E-state index contributed by atoms with van der Waals surface area (Å²) in [6.45, 7) is 9.98. The molecule has 4 heterocycles. The van der Waals surface area contributed by atoms with Crippen molar-refractivity contribution in [2.24, 2.45) is 0 Å². The highest BCUT2D eigenvalue weighted by molar-refractivity contribution is 6.30. The third-order valence-electron chi connectivity index (χ3n) is 7.49. The Hall–Kier alpha value is -3.10. The maximum atomic E-state index is 13.0. The van der Waals surface area contributed by atoms with Crippen LogP contribution in [0.15, 0.2) is 42.5 Å². The smallest absolute Gasteiger partial charge is 0.411 e. The standard InChI is InChI=1S/C28H32ClN5O3/c1-18-21-7-5-6-8-22(21)28(36-18)11-13-32(14-12-28)25-31-30-24-17-33(26(35)37-27(2,3)4)16-19-15-20(29)9-10-23(19)34(24)25/h5-10,15,18H,11-14,16-17H2,1-4H3. The molecule has 1 saturated heterocycles. The molecule has 2 aromatic carbocycles. The molecule has 1 aromatic heterocycles. The van der Waals surface area contributed by atoms with Crippen LogP contribution in [0.4, 0.5) is 10.7 Å². The molecule has 9 heteroatoms. The average molecular weight is 522 g/mol. The van der Waals surface area contributed by atoms with E-state index < -0.39 is 5.60 Å². The number of hydrogen-bond donors (Lipinski definition) is 0. The molecule has 1 fully saturated rings. The summed E-state index contributed by atoms with van der Waals surface area (Å²) in [5.41, 5.74) is 3.61. The van der Waals surface area contributed by atoms with Crippen molar-refractivity contribution >= 4 is 23.6 Å². The molecule has 1 atom stereocenters. The summed E-state index contributed by atoms with van der Waals surface area (Å²) in [4.78, 5) is 17.0. The van der Waals surface area contributed by atoms with Gasteiger partial charge in [0.25, 0.3) is 0 Å². The number of piperidine rings is 1. The number of rotatable bonds is 1. The van der Waals surface area contributed by atoms with E-state index in [1.165, 1.54) is 11.1 Å². The molecule has 37 heavy (non-hydrogen) atoms. The van der Waals surface area contributed by atoms with Crippen molar-refractivity contribution in [3.63, 3.8) is 0 Å². The minimum absolute atomic E-state index is 0.0996. The minimum atomic E-state index is -0.596. The lowest BCUT2D eigenvalue weighted by molar-refractivity contribution is -0.0844. The van der Waals surface area contributed by atoms with Crippen LogP contribution in [0.1, 0.15) is 69.2 Å². The van der Waals surface area contributed by atoms with Crippen LogP contribution in [0.5, 0.6) is 0 Å². The second kappa shape index (κ2) is 8.74. The van der Waals surface area contributed by atoms with Crippen LogP contribution in [-0.4, -0.2) is 44.4 Å². The third kappa shape index (κ3) is 4.26. The zero-order valence-corrected chi connectivity index (χ0v) is 22.5. The van der Waals surface area contributed by atoms with Crippen LogP contribution >= 0.6 is 11.6 Å². The molecule has 8 nitrogen and oxygen atoms in total. The first-order chi connectivity index (χ1) is 17.6. The van der Waals surface area contributed by atoms with E-state index in [0.29, 0.717) is 23.9 Å². The van der Waals surface area contributed by atoms with Gasteiger partial charge >= 0.3 is 6.09 Å². The molecule has 0 radical (unpaired) electrons. The van der Waals surface area contributed by atoms with E-state index in [1.54, 1.807) is 4.90 Å². The van der Waals surface area contributed by atoms with Crippen LogP contribution in [0.3, 0.4) is 0 Å². The van der Waals surface area contributed by atoms with E-state index in [2.05, 4.69) is 50.9 Å². The van der Waals surface area contributed by atoms with Gasteiger partial charge in [0.1, 0.15) is 5.60 Å². The summed E-state index contributed by atoms with van der Waals surface area (Å²) in [6.07, 6.45) is 1.45. The van der Waals surface area contributed by atoms with Crippen molar-refractivity contribution in [3.8, 4) is 5.69 Å². The summed E-state index contributed by atoms with van der Waals surface area (Å²) in [5.74, 6) is 1.47. The fourth-order valence-corrected chi connectivity index (χ4v) is 6.03. The Morgan fingerprint density at radius 3 is 2.62 bits per heavy atom. The molecule has 1 spiro atoms. The van der Waals surface area contributed by atoms with Gasteiger partial charge in [0.05, 0.1) is 30.5 Å². The van der Waals surface area contributed by atoms with Crippen molar-refractivity contribution < 1.29 is 14.3 Å². The van der Waals surface area contributed by atoms with Crippen molar-refractivity contribution in [2.45, 2.75) is 70.9 Å². The van der Waals surface area contributed by atoms with Crippen LogP contribution < -0.4 is 4.90 Å². The summed E-state index contributed by atoms with van der Waals surface area (Å²) in [6, 6.07) is 14.3. The number of fused-ring (bicyclic) bond motifs is 5. The topological polar surface area (TPSA) is 72.7 Å². The zero-order chi connectivity index (χ0) is 25.9. The number of benzene rings is 2. The molecule has 3 aliphatic heterocycles. The molecular weight excluding hydrogens is 490 g/mol. The number of anilines is 1. The Kier molecular flexibility index (Phi) is 5.73. The number of ether oxygens (including phenoxy) is 2. The van der Waals surface area contributed by atoms with Crippen molar-refractivity contribution in [3.05, 3.63) is 70.0 Å². The van der Waals surface area contributed by atoms with E-state index in [9.17, 15) is 4.79 Å². The Morgan fingerprint density at radius 2 is 1.86 bits per heavy atom. The summed E-state index contributed by atoms with van der Waals surface area (Å²) in [7, 11) is 0. The average Bonchev–Trinajstić information content (AvgIpc) is 3.32. The number of halogens is 1. The maximum Gasteiger partial charge on any atom is 0.411 e. The Balaban J connectivity index is 1.32.